The number of carbonyl (C=O) groups is 1. The van der Waals surface area contributed by atoms with E-state index < -0.39 is 0 Å². The summed E-state index contributed by atoms with van der Waals surface area (Å²) in [7, 11) is 0. The molecule has 0 atom stereocenters. The van der Waals surface area contributed by atoms with E-state index in [1.54, 1.807) is 18.3 Å². The number of benzene rings is 1. The maximum absolute atomic E-state index is 13.4. The van der Waals surface area contributed by atoms with Gasteiger partial charge in [-0.05, 0) is 56.2 Å². The van der Waals surface area contributed by atoms with Gasteiger partial charge in [-0.25, -0.2) is 9.37 Å². The van der Waals surface area contributed by atoms with Crippen molar-refractivity contribution in [1.82, 2.24) is 15.3 Å². The molecule has 2 heterocycles. The Labute approximate surface area is 152 Å². The lowest BCUT2D eigenvalue weighted by Crippen LogP contribution is -2.26. The van der Waals surface area contributed by atoms with Crippen LogP contribution >= 0.6 is 0 Å². The molecule has 2 aromatic heterocycles. The van der Waals surface area contributed by atoms with Crippen LogP contribution < -0.4 is 10.2 Å². The second-order valence-corrected chi connectivity index (χ2v) is 6.09. The van der Waals surface area contributed by atoms with Crippen molar-refractivity contribution in [3.63, 3.8) is 0 Å². The molecule has 0 fully saturated rings. The quantitative estimate of drug-likeness (QED) is 0.682. The fourth-order valence-corrected chi connectivity index (χ4v) is 3.03. The van der Waals surface area contributed by atoms with Gasteiger partial charge in [-0.1, -0.05) is 0 Å². The number of hydrogen-bond donors (Lipinski definition) is 2. The molecule has 0 radical (unpaired) electrons. The van der Waals surface area contributed by atoms with Gasteiger partial charge in [0.1, 0.15) is 11.6 Å². The molecule has 1 amide bonds. The minimum Gasteiger partial charge on any atom is -0.361 e. The molecule has 26 heavy (non-hydrogen) atoms. The van der Waals surface area contributed by atoms with E-state index in [4.69, 9.17) is 0 Å². The molecule has 136 valence electrons. The number of nitrogens with one attached hydrogen (secondary N) is 2. The van der Waals surface area contributed by atoms with Gasteiger partial charge in [-0.2, -0.15) is 0 Å². The molecule has 0 saturated carbocycles. The fraction of sp³-hybridized carbons (Fsp3) is 0.300. The van der Waals surface area contributed by atoms with Crippen LogP contribution in [0.2, 0.25) is 0 Å². The van der Waals surface area contributed by atoms with E-state index in [1.165, 1.54) is 12.1 Å². The first kappa shape index (κ1) is 17.9. The normalized spacial score (nSPS) is 10.9. The Hall–Kier alpha value is -2.89. The molecule has 0 aliphatic heterocycles. The summed E-state index contributed by atoms with van der Waals surface area (Å²) in [6, 6.07) is 8.31. The summed E-state index contributed by atoms with van der Waals surface area (Å²) in [6.07, 6.45) is 4.08. The van der Waals surface area contributed by atoms with Gasteiger partial charge < -0.3 is 15.2 Å². The van der Waals surface area contributed by atoms with E-state index in [9.17, 15) is 9.18 Å². The number of anilines is 1. The van der Waals surface area contributed by atoms with Gasteiger partial charge in [0.05, 0.1) is 5.56 Å². The van der Waals surface area contributed by atoms with Gasteiger partial charge in [0.2, 0.25) is 0 Å². The molecule has 3 rings (SSSR count). The molecule has 5 nitrogen and oxygen atoms in total. The zero-order chi connectivity index (χ0) is 18.5. The summed E-state index contributed by atoms with van der Waals surface area (Å²) in [5, 5.41) is 3.74. The highest BCUT2D eigenvalue weighted by Crippen LogP contribution is 2.19. The first-order chi connectivity index (χ1) is 12.6. The highest BCUT2D eigenvalue weighted by atomic mass is 19.1. The van der Waals surface area contributed by atoms with E-state index in [2.05, 4.69) is 34.0 Å². The van der Waals surface area contributed by atoms with E-state index >= 15 is 0 Å². The Morgan fingerprint density at radius 1 is 1.23 bits per heavy atom. The van der Waals surface area contributed by atoms with Crippen molar-refractivity contribution in [2.45, 2.75) is 20.3 Å². The van der Waals surface area contributed by atoms with Crippen molar-refractivity contribution < 1.29 is 9.18 Å². The predicted octanol–water partition coefficient (Wildman–Crippen LogP) is 3.52. The number of aromatic amines is 1. The molecule has 0 unspecified atom stereocenters. The molecule has 3 aromatic rings. The average Bonchev–Trinajstić information content (AvgIpc) is 3.05. The van der Waals surface area contributed by atoms with Crippen LogP contribution in [-0.2, 0) is 6.42 Å². The highest BCUT2D eigenvalue weighted by Gasteiger charge is 2.09. The summed E-state index contributed by atoms with van der Waals surface area (Å²) in [5.41, 5.74) is 2.41. The monoisotopic (exact) mass is 354 g/mol. The Kier molecular flexibility index (Phi) is 5.51. The number of H-pyrrole nitrogens is 1. The number of hydrogen-bond acceptors (Lipinski definition) is 3. The number of fused-ring (bicyclic) bond motifs is 1. The second kappa shape index (κ2) is 7.99. The van der Waals surface area contributed by atoms with Crippen molar-refractivity contribution in [3.8, 4) is 0 Å². The van der Waals surface area contributed by atoms with Crippen molar-refractivity contribution in [2.24, 2.45) is 0 Å². The Balaban J connectivity index is 1.59. The fourth-order valence-electron chi connectivity index (χ4n) is 3.03. The first-order valence-corrected chi connectivity index (χ1v) is 8.87. The van der Waals surface area contributed by atoms with Crippen LogP contribution in [0.1, 0.15) is 29.8 Å². The zero-order valence-corrected chi connectivity index (χ0v) is 15.1. The van der Waals surface area contributed by atoms with Gasteiger partial charge in [-0.15, -0.1) is 0 Å². The molecule has 2 N–H and O–H groups in total. The lowest BCUT2D eigenvalue weighted by atomic mass is 10.1. The number of halogens is 1. The number of carbonyl (C=O) groups excluding carboxylic acids is 1. The SMILES string of the molecule is CCN(CC)c1ccc(C(=O)NCCc2c[nH]c3ccc(F)cc23)cn1. The smallest absolute Gasteiger partial charge is 0.252 e. The number of nitrogens with zero attached hydrogens (tertiary/aromatic N) is 2. The lowest BCUT2D eigenvalue weighted by molar-refractivity contribution is 0.0954. The minimum absolute atomic E-state index is 0.158. The molecule has 0 aliphatic carbocycles. The predicted molar refractivity (Wildman–Crippen MR) is 102 cm³/mol. The van der Waals surface area contributed by atoms with Crippen molar-refractivity contribution in [1.29, 1.82) is 0 Å². The minimum atomic E-state index is -0.262. The van der Waals surface area contributed by atoms with Crippen molar-refractivity contribution in [3.05, 3.63) is 59.7 Å². The zero-order valence-electron chi connectivity index (χ0n) is 15.1. The maximum atomic E-state index is 13.4. The number of pyridine rings is 1. The summed E-state index contributed by atoms with van der Waals surface area (Å²) in [5.74, 6) is 0.448. The van der Waals surface area contributed by atoms with Gasteiger partial charge in [0.25, 0.3) is 5.91 Å². The summed E-state index contributed by atoms with van der Waals surface area (Å²) >= 11 is 0. The largest absolute Gasteiger partial charge is 0.361 e. The van der Waals surface area contributed by atoms with E-state index in [0.717, 1.165) is 35.4 Å². The van der Waals surface area contributed by atoms with Crippen LogP contribution in [0.15, 0.2) is 42.7 Å². The summed E-state index contributed by atoms with van der Waals surface area (Å²) < 4.78 is 13.4. The number of amides is 1. The first-order valence-electron chi connectivity index (χ1n) is 8.87. The Bertz CT molecular complexity index is 884. The van der Waals surface area contributed by atoms with Gasteiger partial charge in [0.15, 0.2) is 0 Å². The molecule has 1 aromatic carbocycles. The van der Waals surface area contributed by atoms with Crippen LogP contribution in [0.25, 0.3) is 10.9 Å². The third-order valence-electron chi connectivity index (χ3n) is 4.51. The number of aromatic nitrogens is 2. The topological polar surface area (TPSA) is 61.0 Å². The van der Waals surface area contributed by atoms with E-state index in [1.807, 2.05) is 12.3 Å². The van der Waals surface area contributed by atoms with Gasteiger partial charge in [-0.3, -0.25) is 4.79 Å². The van der Waals surface area contributed by atoms with Crippen LogP contribution in [-0.4, -0.2) is 35.5 Å². The third-order valence-corrected chi connectivity index (χ3v) is 4.51. The molecular weight excluding hydrogens is 331 g/mol. The molecule has 0 spiro atoms. The maximum Gasteiger partial charge on any atom is 0.252 e. The molecule has 0 bridgehead atoms. The molecule has 6 heteroatoms. The number of rotatable bonds is 7. The van der Waals surface area contributed by atoms with Crippen LogP contribution in [0.5, 0.6) is 0 Å². The van der Waals surface area contributed by atoms with Crippen molar-refractivity contribution in [2.75, 3.05) is 24.5 Å². The Morgan fingerprint density at radius 2 is 2.04 bits per heavy atom. The summed E-state index contributed by atoms with van der Waals surface area (Å²) in [6.45, 7) is 6.37. The van der Waals surface area contributed by atoms with Crippen LogP contribution in [0, 0.1) is 5.82 Å². The lowest BCUT2D eigenvalue weighted by Gasteiger charge is -2.19. The molecule has 0 saturated heterocycles. The van der Waals surface area contributed by atoms with E-state index in [-0.39, 0.29) is 11.7 Å². The third kappa shape index (κ3) is 3.85. The summed E-state index contributed by atoms with van der Waals surface area (Å²) in [4.78, 5) is 21.9. The second-order valence-electron chi connectivity index (χ2n) is 6.09. The highest BCUT2D eigenvalue weighted by molar-refractivity contribution is 5.94. The van der Waals surface area contributed by atoms with Gasteiger partial charge >= 0.3 is 0 Å². The van der Waals surface area contributed by atoms with Crippen LogP contribution in [0.4, 0.5) is 10.2 Å². The molecule has 0 aliphatic rings. The Morgan fingerprint density at radius 3 is 2.73 bits per heavy atom. The average molecular weight is 354 g/mol. The van der Waals surface area contributed by atoms with E-state index in [0.29, 0.717) is 18.5 Å². The van der Waals surface area contributed by atoms with Crippen LogP contribution in [0.3, 0.4) is 0 Å². The van der Waals surface area contributed by atoms with Gasteiger partial charge in [0, 0.05) is 42.9 Å². The van der Waals surface area contributed by atoms with Crippen molar-refractivity contribution >= 4 is 22.6 Å². The molecular formula is C20H23FN4O. The standard InChI is InChI=1S/C20H23FN4O/c1-3-25(4-2)19-8-5-15(13-24-19)20(26)22-10-9-14-12-23-18-7-6-16(21)11-17(14)18/h5-8,11-13,23H,3-4,9-10H2,1-2H3,(H,22,26).